The molecule has 0 aliphatic rings. The van der Waals surface area contributed by atoms with Crippen molar-refractivity contribution in [1.29, 1.82) is 5.26 Å². The Balaban J connectivity index is 3.71. The van der Waals surface area contributed by atoms with E-state index in [1.54, 1.807) is 0 Å². The second-order valence-corrected chi connectivity index (χ2v) is 3.82. The van der Waals surface area contributed by atoms with Crippen LogP contribution in [0.3, 0.4) is 0 Å². The smallest absolute Gasteiger partial charge is 0.192 e. The standard InChI is InChI=1S/C10H4BrF6N/c11-3-6-7(9(12,13)14)2-1-5(4-18)8(6)10(15,16)17/h1-2H,3H2. The van der Waals surface area contributed by atoms with Crippen LogP contribution in [-0.4, -0.2) is 0 Å². The highest BCUT2D eigenvalue weighted by Crippen LogP contribution is 2.41. The van der Waals surface area contributed by atoms with Gasteiger partial charge in [0.25, 0.3) is 0 Å². The van der Waals surface area contributed by atoms with E-state index in [0.717, 1.165) is 0 Å². The largest absolute Gasteiger partial charge is 0.417 e. The first kappa shape index (κ1) is 14.8. The lowest BCUT2D eigenvalue weighted by Crippen LogP contribution is -2.17. The second-order valence-electron chi connectivity index (χ2n) is 3.26. The van der Waals surface area contributed by atoms with E-state index in [-0.39, 0.29) is 0 Å². The quantitative estimate of drug-likeness (QED) is 0.549. The third kappa shape index (κ3) is 2.77. The van der Waals surface area contributed by atoms with Crippen molar-refractivity contribution >= 4 is 15.9 Å². The van der Waals surface area contributed by atoms with E-state index in [0.29, 0.717) is 12.1 Å². The molecule has 98 valence electrons. The molecular weight excluding hydrogens is 328 g/mol. The summed E-state index contributed by atoms with van der Waals surface area (Å²) < 4.78 is 75.8. The first-order chi connectivity index (χ1) is 8.12. The Morgan fingerprint density at radius 3 is 1.94 bits per heavy atom. The van der Waals surface area contributed by atoms with E-state index in [1.807, 2.05) is 0 Å². The van der Waals surface area contributed by atoms with E-state index < -0.39 is 39.9 Å². The van der Waals surface area contributed by atoms with Crippen LogP contribution in [0.2, 0.25) is 0 Å². The van der Waals surface area contributed by atoms with Gasteiger partial charge in [-0.15, -0.1) is 0 Å². The highest BCUT2D eigenvalue weighted by atomic mass is 79.9. The Hall–Kier alpha value is -1.23. The van der Waals surface area contributed by atoms with Crippen LogP contribution in [0.1, 0.15) is 22.3 Å². The van der Waals surface area contributed by atoms with Gasteiger partial charge in [0.05, 0.1) is 22.8 Å². The van der Waals surface area contributed by atoms with Crippen LogP contribution >= 0.6 is 15.9 Å². The summed E-state index contributed by atoms with van der Waals surface area (Å²) in [5.41, 5.74) is -4.75. The van der Waals surface area contributed by atoms with E-state index in [1.165, 1.54) is 6.07 Å². The fourth-order valence-electron chi connectivity index (χ4n) is 1.47. The van der Waals surface area contributed by atoms with Crippen LogP contribution in [0.15, 0.2) is 12.1 Å². The molecule has 0 unspecified atom stereocenters. The molecule has 1 nitrogen and oxygen atoms in total. The van der Waals surface area contributed by atoms with Gasteiger partial charge in [-0.2, -0.15) is 31.6 Å². The summed E-state index contributed by atoms with van der Waals surface area (Å²) in [5.74, 6) is 0. The summed E-state index contributed by atoms with van der Waals surface area (Å²) in [4.78, 5) is 0. The van der Waals surface area contributed by atoms with Gasteiger partial charge in [-0.1, -0.05) is 15.9 Å². The SMILES string of the molecule is N#Cc1ccc(C(F)(F)F)c(CBr)c1C(F)(F)F. The minimum Gasteiger partial charge on any atom is -0.192 e. The number of rotatable bonds is 1. The molecule has 0 fully saturated rings. The predicted molar refractivity (Wildman–Crippen MR) is 53.8 cm³/mol. The van der Waals surface area contributed by atoms with Gasteiger partial charge in [0.1, 0.15) is 0 Å². The average Bonchev–Trinajstić information content (AvgIpc) is 2.24. The van der Waals surface area contributed by atoms with E-state index in [2.05, 4.69) is 15.9 Å². The molecule has 1 aromatic rings. The topological polar surface area (TPSA) is 23.8 Å². The number of nitriles is 1. The zero-order valence-electron chi connectivity index (χ0n) is 8.45. The van der Waals surface area contributed by atoms with Crippen molar-refractivity contribution in [2.45, 2.75) is 17.7 Å². The summed E-state index contributed by atoms with van der Waals surface area (Å²) >= 11 is 2.60. The Morgan fingerprint density at radius 2 is 1.61 bits per heavy atom. The first-order valence-electron chi connectivity index (χ1n) is 4.39. The van der Waals surface area contributed by atoms with E-state index in [4.69, 9.17) is 5.26 Å². The molecular formula is C10H4BrF6N. The molecule has 0 aromatic heterocycles. The van der Waals surface area contributed by atoms with Gasteiger partial charge in [-0.05, 0) is 17.7 Å². The van der Waals surface area contributed by atoms with Gasteiger partial charge in [0, 0.05) is 5.33 Å². The number of benzene rings is 1. The third-order valence-corrected chi connectivity index (χ3v) is 2.72. The van der Waals surface area contributed by atoms with Crippen LogP contribution in [0.25, 0.3) is 0 Å². The maximum absolute atomic E-state index is 12.7. The molecule has 0 N–H and O–H groups in total. The van der Waals surface area contributed by atoms with Crippen LogP contribution in [-0.2, 0) is 17.7 Å². The molecule has 0 aliphatic carbocycles. The van der Waals surface area contributed by atoms with Crippen LogP contribution in [0, 0.1) is 11.3 Å². The maximum Gasteiger partial charge on any atom is 0.417 e. The van der Waals surface area contributed by atoms with Gasteiger partial charge in [-0.3, -0.25) is 0 Å². The van der Waals surface area contributed by atoms with Crippen molar-refractivity contribution in [3.63, 3.8) is 0 Å². The van der Waals surface area contributed by atoms with Crippen molar-refractivity contribution in [2.24, 2.45) is 0 Å². The number of halogens is 7. The number of hydrogen-bond acceptors (Lipinski definition) is 1. The molecule has 0 saturated carbocycles. The first-order valence-corrected chi connectivity index (χ1v) is 5.51. The van der Waals surface area contributed by atoms with Gasteiger partial charge in [-0.25, -0.2) is 0 Å². The minimum atomic E-state index is -5.02. The van der Waals surface area contributed by atoms with E-state index >= 15 is 0 Å². The Labute approximate surface area is 106 Å². The summed E-state index contributed by atoms with van der Waals surface area (Å²) in [6.07, 6.45) is -9.92. The zero-order chi connectivity index (χ0) is 14.1. The molecule has 0 spiro atoms. The number of nitrogens with zero attached hydrogens (tertiary/aromatic N) is 1. The fraction of sp³-hybridized carbons (Fsp3) is 0.300. The normalized spacial score (nSPS) is 12.3. The molecule has 18 heavy (non-hydrogen) atoms. The van der Waals surface area contributed by atoms with Crippen LogP contribution in [0.4, 0.5) is 26.3 Å². The fourth-order valence-corrected chi connectivity index (χ4v) is 2.05. The van der Waals surface area contributed by atoms with Crippen LogP contribution in [0.5, 0.6) is 0 Å². The third-order valence-electron chi connectivity index (χ3n) is 2.16. The number of alkyl halides is 7. The van der Waals surface area contributed by atoms with Crippen molar-refractivity contribution in [3.05, 3.63) is 34.4 Å². The maximum atomic E-state index is 12.7. The minimum absolute atomic E-state index is 0.477. The van der Waals surface area contributed by atoms with Crippen LogP contribution < -0.4 is 0 Å². The molecule has 8 heteroatoms. The van der Waals surface area contributed by atoms with Gasteiger partial charge < -0.3 is 0 Å². The average molecular weight is 332 g/mol. The monoisotopic (exact) mass is 331 g/mol. The second kappa shape index (κ2) is 4.80. The molecule has 1 rings (SSSR count). The Kier molecular flexibility index (Phi) is 3.96. The van der Waals surface area contributed by atoms with Gasteiger partial charge in [0.2, 0.25) is 0 Å². The highest BCUT2D eigenvalue weighted by molar-refractivity contribution is 9.08. The Morgan fingerprint density at radius 1 is 1.06 bits per heavy atom. The molecule has 1 aromatic carbocycles. The van der Waals surface area contributed by atoms with Crippen molar-refractivity contribution in [2.75, 3.05) is 0 Å². The van der Waals surface area contributed by atoms with Gasteiger partial charge >= 0.3 is 12.4 Å². The van der Waals surface area contributed by atoms with Crippen molar-refractivity contribution in [1.82, 2.24) is 0 Å². The molecule has 0 saturated heterocycles. The molecule has 0 aliphatic heterocycles. The van der Waals surface area contributed by atoms with Crippen molar-refractivity contribution in [3.8, 4) is 6.07 Å². The molecule has 0 atom stereocenters. The van der Waals surface area contributed by atoms with Crippen molar-refractivity contribution < 1.29 is 26.3 Å². The molecule has 0 bridgehead atoms. The molecule has 0 amide bonds. The lowest BCUT2D eigenvalue weighted by Gasteiger charge is -2.18. The summed E-state index contributed by atoms with van der Waals surface area (Å²) in [7, 11) is 0. The zero-order valence-corrected chi connectivity index (χ0v) is 10.0. The summed E-state index contributed by atoms with van der Waals surface area (Å²) in [6, 6.07) is 2.25. The molecule has 0 heterocycles. The van der Waals surface area contributed by atoms with Gasteiger partial charge in [0.15, 0.2) is 0 Å². The summed E-state index contributed by atoms with van der Waals surface area (Å²) in [5, 5.41) is 7.90. The lowest BCUT2D eigenvalue weighted by molar-refractivity contribution is -0.144. The predicted octanol–water partition coefficient (Wildman–Crippen LogP) is 4.49. The summed E-state index contributed by atoms with van der Waals surface area (Å²) in [6.45, 7) is 0. The lowest BCUT2D eigenvalue weighted by atomic mass is 9.96. The number of hydrogen-bond donors (Lipinski definition) is 0. The molecule has 0 radical (unpaired) electrons. The Bertz CT molecular complexity index is 497. The highest BCUT2D eigenvalue weighted by Gasteiger charge is 2.42. The van der Waals surface area contributed by atoms with E-state index in [9.17, 15) is 26.3 Å².